The predicted molar refractivity (Wildman–Crippen MR) is 77.7 cm³/mol. The molecule has 0 heterocycles. The lowest BCUT2D eigenvalue weighted by molar-refractivity contribution is -0.133. The quantitative estimate of drug-likeness (QED) is 0.481. The Morgan fingerprint density at radius 3 is 2.45 bits per heavy atom. The van der Waals surface area contributed by atoms with Crippen molar-refractivity contribution in [3.8, 4) is 0 Å². The van der Waals surface area contributed by atoms with Gasteiger partial charge in [0.05, 0.1) is 17.7 Å². The molecule has 0 spiro atoms. The summed E-state index contributed by atoms with van der Waals surface area (Å²) >= 11 is 5.97. The standard InChI is InChI=1S/C16H12ClFO2/c1-20-16(19)12(11-6-3-2-4-7-11)10-13-14(17)8-5-9-15(13)18/h2-10H,1H3/b12-10+. The third-order valence-electron chi connectivity index (χ3n) is 2.78. The molecule has 0 aliphatic carbocycles. The lowest BCUT2D eigenvalue weighted by Gasteiger charge is -2.07. The topological polar surface area (TPSA) is 26.3 Å². The number of rotatable bonds is 3. The fourth-order valence-electron chi connectivity index (χ4n) is 1.78. The average Bonchev–Trinajstić information content (AvgIpc) is 2.47. The normalized spacial score (nSPS) is 11.2. The van der Waals surface area contributed by atoms with Crippen LogP contribution in [0.3, 0.4) is 0 Å². The van der Waals surface area contributed by atoms with Gasteiger partial charge in [0.25, 0.3) is 0 Å². The van der Waals surface area contributed by atoms with E-state index in [2.05, 4.69) is 0 Å². The van der Waals surface area contributed by atoms with Crippen LogP contribution < -0.4 is 0 Å². The first-order chi connectivity index (χ1) is 9.63. The van der Waals surface area contributed by atoms with Crippen LogP contribution in [0.15, 0.2) is 48.5 Å². The van der Waals surface area contributed by atoms with Gasteiger partial charge in [-0.2, -0.15) is 0 Å². The Balaban J connectivity index is 2.58. The maximum atomic E-state index is 13.8. The van der Waals surface area contributed by atoms with E-state index < -0.39 is 11.8 Å². The van der Waals surface area contributed by atoms with Crippen molar-refractivity contribution in [2.75, 3.05) is 7.11 Å². The molecular formula is C16H12ClFO2. The Kier molecular flexibility index (Phi) is 4.53. The fraction of sp³-hybridized carbons (Fsp3) is 0.0625. The molecule has 2 rings (SSSR count). The molecule has 0 N–H and O–H groups in total. The molecule has 0 saturated heterocycles. The molecule has 20 heavy (non-hydrogen) atoms. The number of ether oxygens (including phenoxy) is 1. The molecule has 2 aromatic carbocycles. The minimum Gasteiger partial charge on any atom is -0.465 e. The first-order valence-corrected chi connectivity index (χ1v) is 6.30. The molecule has 0 saturated carbocycles. The first-order valence-electron chi connectivity index (χ1n) is 5.93. The van der Waals surface area contributed by atoms with Gasteiger partial charge in [0.1, 0.15) is 5.82 Å². The summed E-state index contributed by atoms with van der Waals surface area (Å²) in [5.41, 5.74) is 1.05. The Morgan fingerprint density at radius 2 is 1.85 bits per heavy atom. The van der Waals surface area contributed by atoms with Crippen LogP contribution in [-0.4, -0.2) is 13.1 Å². The summed E-state index contributed by atoms with van der Waals surface area (Å²) in [6, 6.07) is 13.3. The van der Waals surface area contributed by atoms with Crippen molar-refractivity contribution in [3.05, 3.63) is 70.5 Å². The monoisotopic (exact) mass is 290 g/mol. The SMILES string of the molecule is COC(=O)/C(=C/c1c(F)cccc1Cl)c1ccccc1. The number of hydrogen-bond donors (Lipinski definition) is 0. The van der Waals surface area contributed by atoms with Crippen LogP contribution in [0, 0.1) is 5.82 Å². The summed E-state index contributed by atoms with van der Waals surface area (Å²) in [7, 11) is 1.28. The minimum absolute atomic E-state index is 0.165. The molecular weight excluding hydrogens is 279 g/mol. The number of benzene rings is 2. The van der Waals surface area contributed by atoms with Crippen LogP contribution in [0.4, 0.5) is 4.39 Å². The number of carbonyl (C=O) groups is 1. The Bertz CT molecular complexity index is 631. The first kappa shape index (κ1) is 14.3. The zero-order valence-electron chi connectivity index (χ0n) is 10.8. The van der Waals surface area contributed by atoms with Crippen LogP contribution in [0.5, 0.6) is 0 Å². The molecule has 2 aromatic rings. The summed E-state index contributed by atoms with van der Waals surface area (Å²) in [5.74, 6) is -1.04. The van der Waals surface area contributed by atoms with Crippen molar-refractivity contribution in [2.24, 2.45) is 0 Å². The Morgan fingerprint density at radius 1 is 1.15 bits per heavy atom. The van der Waals surface area contributed by atoms with E-state index in [0.717, 1.165) is 0 Å². The highest BCUT2D eigenvalue weighted by atomic mass is 35.5. The number of hydrogen-bond acceptors (Lipinski definition) is 2. The molecule has 0 unspecified atom stereocenters. The molecule has 0 fully saturated rings. The Labute approximate surface area is 121 Å². The highest BCUT2D eigenvalue weighted by Crippen LogP contribution is 2.26. The number of methoxy groups -OCH3 is 1. The lowest BCUT2D eigenvalue weighted by atomic mass is 10.0. The predicted octanol–water partition coefficient (Wildman–Crippen LogP) is 4.19. The van der Waals surface area contributed by atoms with Crippen LogP contribution in [-0.2, 0) is 9.53 Å². The molecule has 0 aliphatic heterocycles. The maximum Gasteiger partial charge on any atom is 0.338 e. The van der Waals surface area contributed by atoms with Gasteiger partial charge in [0, 0.05) is 5.56 Å². The van der Waals surface area contributed by atoms with Gasteiger partial charge in [0.2, 0.25) is 0 Å². The Hall–Kier alpha value is -2.13. The van der Waals surface area contributed by atoms with Crippen LogP contribution in [0.1, 0.15) is 11.1 Å². The number of halogens is 2. The van der Waals surface area contributed by atoms with Crippen LogP contribution in [0.2, 0.25) is 5.02 Å². The molecule has 0 bridgehead atoms. The van der Waals surface area contributed by atoms with Crippen molar-refractivity contribution in [1.82, 2.24) is 0 Å². The second-order valence-electron chi connectivity index (χ2n) is 4.05. The van der Waals surface area contributed by atoms with E-state index in [-0.39, 0.29) is 16.2 Å². The zero-order valence-corrected chi connectivity index (χ0v) is 11.5. The minimum atomic E-state index is -0.546. The molecule has 102 valence electrons. The van der Waals surface area contributed by atoms with Gasteiger partial charge in [0.15, 0.2) is 0 Å². The second-order valence-corrected chi connectivity index (χ2v) is 4.46. The van der Waals surface area contributed by atoms with Crippen molar-refractivity contribution in [1.29, 1.82) is 0 Å². The largest absolute Gasteiger partial charge is 0.465 e. The summed E-state index contributed by atoms with van der Waals surface area (Å²) in [5, 5.41) is 0.238. The van der Waals surface area contributed by atoms with E-state index >= 15 is 0 Å². The van der Waals surface area contributed by atoms with E-state index in [9.17, 15) is 9.18 Å². The average molecular weight is 291 g/mol. The summed E-state index contributed by atoms with van der Waals surface area (Å²) in [6.45, 7) is 0. The third-order valence-corrected chi connectivity index (χ3v) is 3.11. The molecule has 2 nitrogen and oxygen atoms in total. The second kappa shape index (κ2) is 6.35. The summed E-state index contributed by atoms with van der Waals surface area (Å²) < 4.78 is 18.6. The van der Waals surface area contributed by atoms with E-state index in [0.29, 0.717) is 5.56 Å². The van der Waals surface area contributed by atoms with Crippen LogP contribution in [0.25, 0.3) is 11.6 Å². The van der Waals surface area contributed by atoms with Crippen molar-refractivity contribution < 1.29 is 13.9 Å². The number of esters is 1. The van der Waals surface area contributed by atoms with Crippen molar-refractivity contribution >= 4 is 29.2 Å². The van der Waals surface area contributed by atoms with Gasteiger partial charge in [-0.15, -0.1) is 0 Å². The third kappa shape index (κ3) is 3.06. The highest BCUT2D eigenvalue weighted by Gasteiger charge is 2.14. The maximum absolute atomic E-state index is 13.8. The molecule has 0 aliphatic rings. The molecule has 0 aromatic heterocycles. The van der Waals surface area contributed by atoms with Crippen molar-refractivity contribution in [3.63, 3.8) is 0 Å². The van der Waals surface area contributed by atoms with Gasteiger partial charge in [-0.3, -0.25) is 0 Å². The smallest absolute Gasteiger partial charge is 0.338 e. The van der Waals surface area contributed by atoms with Crippen molar-refractivity contribution in [2.45, 2.75) is 0 Å². The fourth-order valence-corrected chi connectivity index (χ4v) is 2.00. The van der Waals surface area contributed by atoms with Gasteiger partial charge in [-0.25, -0.2) is 9.18 Å². The summed E-state index contributed by atoms with van der Waals surface area (Å²) in [6.07, 6.45) is 1.40. The van der Waals surface area contributed by atoms with E-state index in [4.69, 9.17) is 16.3 Å². The van der Waals surface area contributed by atoms with Gasteiger partial charge < -0.3 is 4.74 Å². The van der Waals surface area contributed by atoms with Gasteiger partial charge >= 0.3 is 5.97 Å². The molecule has 0 radical (unpaired) electrons. The summed E-state index contributed by atoms with van der Waals surface area (Å²) in [4.78, 5) is 11.9. The molecule has 0 atom stereocenters. The molecule has 0 amide bonds. The van der Waals surface area contributed by atoms with E-state index in [1.54, 1.807) is 30.3 Å². The van der Waals surface area contributed by atoms with E-state index in [1.165, 1.54) is 25.3 Å². The molecule has 4 heteroatoms. The zero-order chi connectivity index (χ0) is 14.5. The highest BCUT2D eigenvalue weighted by molar-refractivity contribution is 6.33. The number of carbonyl (C=O) groups excluding carboxylic acids is 1. The van der Waals surface area contributed by atoms with E-state index in [1.807, 2.05) is 6.07 Å². The lowest BCUT2D eigenvalue weighted by Crippen LogP contribution is -2.04. The van der Waals surface area contributed by atoms with Gasteiger partial charge in [-0.1, -0.05) is 48.0 Å². The van der Waals surface area contributed by atoms with Gasteiger partial charge in [-0.05, 0) is 23.8 Å². The van der Waals surface area contributed by atoms with Crippen LogP contribution >= 0.6 is 11.6 Å².